The molecule has 3 heterocycles. The molecule has 35 heavy (non-hydrogen) atoms. The van der Waals surface area contributed by atoms with E-state index >= 15 is 0 Å². The Kier molecular flexibility index (Phi) is 7.32. The Hall–Kier alpha value is -3.11. The summed E-state index contributed by atoms with van der Waals surface area (Å²) in [4.78, 5) is 32.4. The maximum atomic E-state index is 13.8. The topological polar surface area (TPSA) is 92.8 Å². The molecule has 2 fully saturated rings. The van der Waals surface area contributed by atoms with Crippen LogP contribution in [0, 0.1) is 6.92 Å². The number of morpholine rings is 1. The quantitative estimate of drug-likeness (QED) is 0.623. The Balaban J connectivity index is 1.65. The van der Waals surface area contributed by atoms with E-state index in [0.29, 0.717) is 25.4 Å². The molecule has 2 N–H and O–H groups in total. The molecule has 2 aromatic rings. The summed E-state index contributed by atoms with van der Waals surface area (Å²) in [6, 6.07) is 10.7. The number of rotatable bonds is 7. The number of ether oxygens (including phenoxy) is 2. The maximum absolute atomic E-state index is 13.8. The zero-order chi connectivity index (χ0) is 25.2. The highest BCUT2D eigenvalue weighted by Gasteiger charge is 2.54. The second-order valence-electron chi connectivity index (χ2n) is 9.22. The molecule has 0 spiro atoms. The lowest BCUT2D eigenvalue weighted by Crippen LogP contribution is -2.68. The molecule has 8 nitrogen and oxygen atoms in total. The number of pyridine rings is 1. The standard InChI is InChI=1S/C25H30F2N4O4/c1-15(2)17-6-4-5-7-18(17)25(13-31(14-25)22(32)20-12-28-10-11-34-20)23(33)30-19-9-8-16(3)29-21(19)35-24(26)27/h4-9,15,20,24,28H,10-14H2,1-3H3,(H,30,33)/t20-/m1/s1. The molecule has 2 amide bonds. The van der Waals surface area contributed by atoms with E-state index in [1.165, 1.54) is 6.07 Å². The fourth-order valence-corrected chi connectivity index (χ4v) is 4.61. The van der Waals surface area contributed by atoms with Crippen molar-refractivity contribution in [3.8, 4) is 5.88 Å². The second-order valence-corrected chi connectivity index (χ2v) is 9.22. The molecule has 0 aliphatic carbocycles. The molecule has 0 bridgehead atoms. The SMILES string of the molecule is Cc1ccc(NC(=O)C2(c3ccccc3C(C)C)CN(C(=O)[C@H]3CNCCO3)C2)c(OC(F)F)n1. The maximum Gasteiger partial charge on any atom is 0.388 e. The molecule has 4 rings (SSSR count). The van der Waals surface area contributed by atoms with E-state index in [1.807, 2.05) is 38.1 Å². The van der Waals surface area contributed by atoms with Gasteiger partial charge in [-0.1, -0.05) is 38.1 Å². The van der Waals surface area contributed by atoms with Crippen LogP contribution in [0.25, 0.3) is 0 Å². The molecular weight excluding hydrogens is 458 g/mol. The van der Waals surface area contributed by atoms with Crippen molar-refractivity contribution in [1.29, 1.82) is 0 Å². The van der Waals surface area contributed by atoms with Crippen LogP contribution in [0.3, 0.4) is 0 Å². The summed E-state index contributed by atoms with van der Waals surface area (Å²) in [5, 5.41) is 5.89. The number of hydrogen-bond donors (Lipinski definition) is 2. The van der Waals surface area contributed by atoms with Gasteiger partial charge in [0.05, 0.1) is 6.61 Å². The number of benzene rings is 1. The van der Waals surface area contributed by atoms with Crippen molar-refractivity contribution in [2.24, 2.45) is 0 Å². The molecule has 10 heteroatoms. The molecule has 1 aromatic carbocycles. The van der Waals surface area contributed by atoms with Crippen molar-refractivity contribution in [2.45, 2.75) is 44.8 Å². The number of amides is 2. The summed E-state index contributed by atoms with van der Waals surface area (Å²) in [5.41, 5.74) is 1.24. The van der Waals surface area contributed by atoms with Gasteiger partial charge in [-0.15, -0.1) is 0 Å². The molecule has 2 saturated heterocycles. The predicted octanol–water partition coefficient (Wildman–Crippen LogP) is 2.82. The van der Waals surface area contributed by atoms with Crippen LogP contribution in [-0.4, -0.2) is 67.2 Å². The summed E-state index contributed by atoms with van der Waals surface area (Å²) >= 11 is 0. The molecule has 1 aromatic heterocycles. The lowest BCUT2D eigenvalue weighted by atomic mass is 9.69. The second kappa shape index (κ2) is 10.2. The Morgan fingerprint density at radius 2 is 1.97 bits per heavy atom. The number of hydrogen-bond acceptors (Lipinski definition) is 6. The highest BCUT2D eigenvalue weighted by molar-refractivity contribution is 6.03. The van der Waals surface area contributed by atoms with Crippen molar-refractivity contribution < 1.29 is 27.8 Å². The minimum absolute atomic E-state index is 0.0480. The first-order valence-corrected chi connectivity index (χ1v) is 11.7. The van der Waals surface area contributed by atoms with Crippen LogP contribution in [0.1, 0.15) is 36.6 Å². The van der Waals surface area contributed by atoms with E-state index in [1.54, 1.807) is 17.9 Å². The number of alkyl halides is 2. The number of halogens is 2. The number of carbonyl (C=O) groups is 2. The van der Waals surface area contributed by atoms with Crippen LogP contribution in [0.2, 0.25) is 0 Å². The number of anilines is 1. The van der Waals surface area contributed by atoms with Crippen molar-refractivity contribution in [3.63, 3.8) is 0 Å². The molecule has 2 aliphatic heterocycles. The van der Waals surface area contributed by atoms with Gasteiger partial charge in [-0.2, -0.15) is 8.78 Å². The number of aromatic nitrogens is 1. The third-order valence-electron chi connectivity index (χ3n) is 6.42. The van der Waals surface area contributed by atoms with Gasteiger partial charge in [0.25, 0.3) is 5.91 Å². The lowest BCUT2D eigenvalue weighted by molar-refractivity contribution is -0.155. The number of carbonyl (C=O) groups excluding carboxylic acids is 2. The number of nitrogens with one attached hydrogen (secondary N) is 2. The van der Waals surface area contributed by atoms with Gasteiger partial charge < -0.3 is 25.0 Å². The van der Waals surface area contributed by atoms with Gasteiger partial charge in [0.2, 0.25) is 11.8 Å². The summed E-state index contributed by atoms with van der Waals surface area (Å²) in [7, 11) is 0. The number of likely N-dealkylation sites (tertiary alicyclic amines) is 1. The summed E-state index contributed by atoms with van der Waals surface area (Å²) < 4.78 is 36.1. The monoisotopic (exact) mass is 488 g/mol. The van der Waals surface area contributed by atoms with E-state index in [9.17, 15) is 18.4 Å². The zero-order valence-corrected chi connectivity index (χ0v) is 20.0. The van der Waals surface area contributed by atoms with Gasteiger partial charge in [-0.05, 0) is 36.1 Å². The van der Waals surface area contributed by atoms with Crippen LogP contribution >= 0.6 is 0 Å². The Labute approximate surface area is 203 Å². The molecule has 2 aliphatic rings. The molecular formula is C25H30F2N4O4. The van der Waals surface area contributed by atoms with Gasteiger partial charge in [-0.3, -0.25) is 9.59 Å². The van der Waals surface area contributed by atoms with E-state index in [2.05, 4.69) is 20.4 Å². The fourth-order valence-electron chi connectivity index (χ4n) is 4.61. The zero-order valence-electron chi connectivity index (χ0n) is 20.0. The third-order valence-corrected chi connectivity index (χ3v) is 6.42. The first-order chi connectivity index (χ1) is 16.7. The van der Waals surface area contributed by atoms with Crippen LogP contribution < -0.4 is 15.4 Å². The highest BCUT2D eigenvalue weighted by Crippen LogP contribution is 2.41. The van der Waals surface area contributed by atoms with Gasteiger partial charge in [0, 0.05) is 31.9 Å². The van der Waals surface area contributed by atoms with Gasteiger partial charge in [-0.25, -0.2) is 4.98 Å². The number of nitrogens with zero attached hydrogens (tertiary/aromatic N) is 2. The minimum Gasteiger partial charge on any atom is -0.415 e. The summed E-state index contributed by atoms with van der Waals surface area (Å²) in [6.07, 6.45) is -0.600. The molecule has 0 unspecified atom stereocenters. The Morgan fingerprint density at radius 3 is 2.63 bits per heavy atom. The highest BCUT2D eigenvalue weighted by atomic mass is 19.3. The third kappa shape index (κ3) is 5.13. The molecule has 1 atom stereocenters. The Morgan fingerprint density at radius 1 is 1.23 bits per heavy atom. The van der Waals surface area contributed by atoms with Gasteiger partial charge in [0.1, 0.15) is 17.2 Å². The van der Waals surface area contributed by atoms with Crippen LogP contribution in [-0.2, 0) is 19.7 Å². The average molecular weight is 489 g/mol. The van der Waals surface area contributed by atoms with Crippen LogP contribution in [0.4, 0.5) is 14.5 Å². The smallest absolute Gasteiger partial charge is 0.388 e. The average Bonchev–Trinajstić information content (AvgIpc) is 2.80. The van der Waals surface area contributed by atoms with Crippen molar-refractivity contribution in [2.75, 3.05) is 38.1 Å². The predicted molar refractivity (Wildman–Crippen MR) is 126 cm³/mol. The number of aryl methyl sites for hydroxylation is 1. The van der Waals surface area contributed by atoms with Crippen molar-refractivity contribution in [1.82, 2.24) is 15.2 Å². The van der Waals surface area contributed by atoms with E-state index in [0.717, 1.165) is 11.1 Å². The minimum atomic E-state index is -3.09. The van der Waals surface area contributed by atoms with Crippen LogP contribution in [0.5, 0.6) is 5.88 Å². The fraction of sp³-hybridized carbons (Fsp3) is 0.480. The van der Waals surface area contributed by atoms with Gasteiger partial charge >= 0.3 is 6.61 Å². The summed E-state index contributed by atoms with van der Waals surface area (Å²) in [6.45, 7) is 4.46. The molecule has 0 saturated carbocycles. The van der Waals surface area contributed by atoms with Crippen LogP contribution in [0.15, 0.2) is 36.4 Å². The molecule has 188 valence electrons. The largest absolute Gasteiger partial charge is 0.415 e. The first-order valence-electron chi connectivity index (χ1n) is 11.7. The summed E-state index contributed by atoms with van der Waals surface area (Å²) in [5.74, 6) is -0.816. The first kappa shape index (κ1) is 25.0. The molecule has 0 radical (unpaired) electrons. The van der Waals surface area contributed by atoms with Gasteiger partial charge in [0.15, 0.2) is 0 Å². The van der Waals surface area contributed by atoms with Crippen molar-refractivity contribution in [3.05, 3.63) is 53.2 Å². The normalized spacial score (nSPS) is 19.4. The van der Waals surface area contributed by atoms with Crippen molar-refractivity contribution >= 4 is 17.5 Å². The Bertz CT molecular complexity index is 1080. The van der Waals surface area contributed by atoms with E-state index < -0.39 is 24.0 Å². The lowest BCUT2D eigenvalue weighted by Gasteiger charge is -2.50. The van der Waals surface area contributed by atoms with E-state index in [4.69, 9.17) is 4.74 Å². The van der Waals surface area contributed by atoms with E-state index in [-0.39, 0.29) is 36.5 Å².